The summed E-state index contributed by atoms with van der Waals surface area (Å²) < 4.78 is 28.5. The van der Waals surface area contributed by atoms with Crippen molar-refractivity contribution in [2.45, 2.75) is 56.9 Å². The van der Waals surface area contributed by atoms with Crippen molar-refractivity contribution in [2.24, 2.45) is 0 Å². The van der Waals surface area contributed by atoms with Crippen molar-refractivity contribution in [3.63, 3.8) is 0 Å². The lowest BCUT2D eigenvalue weighted by Crippen LogP contribution is -2.34. The van der Waals surface area contributed by atoms with Gasteiger partial charge in [0, 0.05) is 25.8 Å². The fraction of sp³-hybridized carbons (Fsp3) is 0.769. The number of hydrogen-bond acceptors (Lipinski definition) is 4. The van der Waals surface area contributed by atoms with Crippen LogP contribution in [0.15, 0.2) is 11.1 Å². The molecule has 2 heterocycles. The standard InChI is InChI=1S/C13H24N4O2S/c1-2-8-16-11-12(13(14)15-16)20(18,19)17-9-6-4-3-5-7-10-17/h11H,2-10H2,1H3,(H2,14,15). The molecule has 20 heavy (non-hydrogen) atoms. The molecule has 114 valence electrons. The van der Waals surface area contributed by atoms with E-state index in [1.54, 1.807) is 15.2 Å². The van der Waals surface area contributed by atoms with Gasteiger partial charge in [0.15, 0.2) is 5.82 Å². The van der Waals surface area contributed by atoms with Crippen molar-refractivity contribution in [3.8, 4) is 0 Å². The number of sulfonamides is 1. The zero-order valence-electron chi connectivity index (χ0n) is 12.1. The second-order valence-corrected chi connectivity index (χ2v) is 7.22. The number of aryl methyl sites for hydroxylation is 1. The Hall–Kier alpha value is -1.08. The summed E-state index contributed by atoms with van der Waals surface area (Å²) in [6.07, 6.45) is 7.68. The van der Waals surface area contributed by atoms with Gasteiger partial charge in [-0.25, -0.2) is 8.42 Å². The van der Waals surface area contributed by atoms with Crippen molar-refractivity contribution in [2.75, 3.05) is 18.8 Å². The minimum Gasteiger partial charge on any atom is -0.381 e. The van der Waals surface area contributed by atoms with Crippen LogP contribution in [0.2, 0.25) is 0 Å². The summed E-state index contributed by atoms with van der Waals surface area (Å²) in [5.41, 5.74) is 5.80. The van der Waals surface area contributed by atoms with E-state index < -0.39 is 10.0 Å². The highest BCUT2D eigenvalue weighted by Crippen LogP contribution is 2.23. The summed E-state index contributed by atoms with van der Waals surface area (Å²) in [6, 6.07) is 0. The lowest BCUT2D eigenvalue weighted by Gasteiger charge is -2.23. The smallest absolute Gasteiger partial charge is 0.248 e. The third kappa shape index (κ3) is 3.32. The van der Waals surface area contributed by atoms with Gasteiger partial charge in [0.1, 0.15) is 4.90 Å². The predicted octanol–water partition coefficient (Wildman–Crippen LogP) is 1.83. The number of nitrogen functional groups attached to an aromatic ring is 1. The van der Waals surface area contributed by atoms with E-state index in [2.05, 4.69) is 5.10 Å². The van der Waals surface area contributed by atoms with Crippen molar-refractivity contribution in [3.05, 3.63) is 6.20 Å². The normalized spacial score (nSPS) is 18.6. The molecule has 7 heteroatoms. The molecule has 0 unspecified atom stereocenters. The van der Waals surface area contributed by atoms with E-state index in [0.717, 1.165) is 32.1 Å². The van der Waals surface area contributed by atoms with Gasteiger partial charge < -0.3 is 5.73 Å². The van der Waals surface area contributed by atoms with Gasteiger partial charge in [0.2, 0.25) is 10.0 Å². The molecule has 1 fully saturated rings. The second-order valence-electron chi connectivity index (χ2n) is 5.31. The highest BCUT2D eigenvalue weighted by Gasteiger charge is 2.28. The molecule has 1 aliphatic heterocycles. The zero-order chi connectivity index (χ0) is 14.6. The number of anilines is 1. The quantitative estimate of drug-likeness (QED) is 0.919. The predicted molar refractivity (Wildman–Crippen MR) is 78.8 cm³/mol. The van der Waals surface area contributed by atoms with Crippen molar-refractivity contribution in [1.29, 1.82) is 0 Å². The van der Waals surface area contributed by atoms with Crippen molar-refractivity contribution >= 4 is 15.8 Å². The molecule has 6 nitrogen and oxygen atoms in total. The van der Waals surface area contributed by atoms with E-state index >= 15 is 0 Å². The fourth-order valence-electron chi connectivity index (χ4n) is 2.56. The largest absolute Gasteiger partial charge is 0.381 e. The van der Waals surface area contributed by atoms with Crippen LogP contribution in [0.4, 0.5) is 5.82 Å². The fourth-order valence-corrected chi connectivity index (χ4v) is 4.14. The molecule has 2 rings (SSSR count). The lowest BCUT2D eigenvalue weighted by molar-refractivity contribution is 0.364. The Morgan fingerprint density at radius 3 is 2.40 bits per heavy atom. The number of aromatic nitrogens is 2. The Morgan fingerprint density at radius 1 is 1.20 bits per heavy atom. The molecule has 1 saturated heterocycles. The van der Waals surface area contributed by atoms with E-state index in [-0.39, 0.29) is 10.7 Å². The molecule has 1 aliphatic rings. The van der Waals surface area contributed by atoms with E-state index in [9.17, 15) is 8.42 Å². The third-order valence-electron chi connectivity index (χ3n) is 3.64. The SMILES string of the molecule is CCCn1cc(S(=O)(=O)N2CCCCCCC2)c(N)n1. The maximum absolute atomic E-state index is 12.7. The third-order valence-corrected chi connectivity index (χ3v) is 5.56. The summed E-state index contributed by atoms with van der Waals surface area (Å²) in [5.74, 6) is 0.112. The second kappa shape index (κ2) is 6.58. The van der Waals surface area contributed by atoms with E-state index in [1.165, 1.54) is 6.42 Å². The van der Waals surface area contributed by atoms with Gasteiger partial charge in [-0.15, -0.1) is 0 Å². The van der Waals surface area contributed by atoms with Crippen LogP contribution in [0, 0.1) is 0 Å². The van der Waals surface area contributed by atoms with E-state index in [0.29, 0.717) is 19.6 Å². The van der Waals surface area contributed by atoms with Crippen LogP contribution >= 0.6 is 0 Å². The molecule has 0 aliphatic carbocycles. The molecular weight excluding hydrogens is 276 g/mol. The zero-order valence-corrected chi connectivity index (χ0v) is 12.9. The van der Waals surface area contributed by atoms with Gasteiger partial charge in [0.05, 0.1) is 0 Å². The first kappa shape index (κ1) is 15.3. The molecule has 0 radical (unpaired) electrons. The average molecular weight is 300 g/mol. The Bertz CT molecular complexity index is 531. The van der Waals surface area contributed by atoms with E-state index in [1.807, 2.05) is 6.92 Å². The van der Waals surface area contributed by atoms with Crippen LogP contribution in [-0.4, -0.2) is 35.6 Å². The first-order chi connectivity index (χ1) is 9.55. The van der Waals surface area contributed by atoms with Gasteiger partial charge in [0.25, 0.3) is 0 Å². The maximum atomic E-state index is 12.7. The molecule has 0 bridgehead atoms. The molecule has 0 aromatic carbocycles. The number of nitrogens with two attached hydrogens (primary N) is 1. The first-order valence-electron chi connectivity index (χ1n) is 7.38. The van der Waals surface area contributed by atoms with Crippen LogP contribution in [0.3, 0.4) is 0 Å². The van der Waals surface area contributed by atoms with E-state index in [4.69, 9.17) is 5.73 Å². The first-order valence-corrected chi connectivity index (χ1v) is 8.83. The van der Waals surface area contributed by atoms with Crippen molar-refractivity contribution in [1.82, 2.24) is 14.1 Å². The minimum absolute atomic E-state index is 0.112. The Morgan fingerprint density at radius 2 is 1.80 bits per heavy atom. The summed E-state index contributed by atoms with van der Waals surface area (Å²) in [5, 5.41) is 4.09. The number of nitrogens with zero attached hydrogens (tertiary/aromatic N) is 3. The maximum Gasteiger partial charge on any atom is 0.248 e. The molecule has 0 amide bonds. The van der Waals surface area contributed by atoms with Crippen LogP contribution in [0.5, 0.6) is 0 Å². The van der Waals surface area contributed by atoms with Crippen LogP contribution in [0.25, 0.3) is 0 Å². The lowest BCUT2D eigenvalue weighted by atomic mass is 10.1. The summed E-state index contributed by atoms with van der Waals surface area (Å²) in [6.45, 7) is 3.87. The highest BCUT2D eigenvalue weighted by atomic mass is 32.2. The average Bonchev–Trinajstić information content (AvgIpc) is 2.70. The molecule has 0 atom stereocenters. The summed E-state index contributed by atoms with van der Waals surface area (Å²) in [4.78, 5) is 0.159. The van der Waals surface area contributed by atoms with Gasteiger partial charge >= 0.3 is 0 Å². The minimum atomic E-state index is -3.50. The monoisotopic (exact) mass is 300 g/mol. The molecule has 0 spiro atoms. The Kier molecular flexibility index (Phi) is 5.04. The Balaban J connectivity index is 2.23. The molecule has 2 N–H and O–H groups in total. The van der Waals surface area contributed by atoms with Gasteiger partial charge in [-0.2, -0.15) is 9.40 Å². The highest BCUT2D eigenvalue weighted by molar-refractivity contribution is 7.89. The van der Waals surface area contributed by atoms with Gasteiger partial charge in [-0.05, 0) is 19.3 Å². The van der Waals surface area contributed by atoms with Crippen LogP contribution in [0.1, 0.15) is 45.4 Å². The van der Waals surface area contributed by atoms with Gasteiger partial charge in [-0.1, -0.05) is 26.2 Å². The van der Waals surface area contributed by atoms with Crippen LogP contribution in [-0.2, 0) is 16.6 Å². The summed E-state index contributed by atoms with van der Waals surface area (Å²) in [7, 11) is -3.50. The van der Waals surface area contributed by atoms with Crippen LogP contribution < -0.4 is 5.73 Å². The molecular formula is C13H24N4O2S. The molecule has 0 saturated carbocycles. The molecule has 1 aromatic rings. The molecule has 1 aromatic heterocycles. The Labute approximate surface area is 121 Å². The summed E-state index contributed by atoms with van der Waals surface area (Å²) >= 11 is 0. The van der Waals surface area contributed by atoms with Crippen molar-refractivity contribution < 1.29 is 8.42 Å². The number of hydrogen-bond donors (Lipinski definition) is 1. The van der Waals surface area contributed by atoms with Gasteiger partial charge in [-0.3, -0.25) is 4.68 Å². The number of rotatable bonds is 4. The topological polar surface area (TPSA) is 81.2 Å².